The van der Waals surface area contributed by atoms with E-state index in [2.05, 4.69) is 51.8 Å². The number of nitrogens with one attached hydrogen (secondary N) is 1. The number of piperazine rings is 1. The number of hydrogen-bond acceptors (Lipinski definition) is 2. The molecule has 1 N–H and O–H groups in total. The van der Waals surface area contributed by atoms with Gasteiger partial charge in [0.2, 0.25) is 0 Å². The van der Waals surface area contributed by atoms with Gasteiger partial charge in [0.25, 0.3) is 0 Å². The van der Waals surface area contributed by atoms with Crippen LogP contribution in [-0.4, -0.2) is 36.1 Å². The highest BCUT2D eigenvalue weighted by molar-refractivity contribution is 4.99. The van der Waals surface area contributed by atoms with Gasteiger partial charge >= 0.3 is 0 Å². The predicted octanol–water partition coefficient (Wildman–Crippen LogP) is 3.27. The first-order chi connectivity index (χ1) is 8.22. The molecule has 1 heterocycles. The van der Waals surface area contributed by atoms with Gasteiger partial charge in [-0.25, -0.2) is 0 Å². The van der Waals surface area contributed by atoms with Gasteiger partial charge in [-0.15, -0.1) is 0 Å². The quantitative estimate of drug-likeness (QED) is 0.770. The van der Waals surface area contributed by atoms with Crippen molar-refractivity contribution in [2.45, 2.75) is 78.9 Å². The van der Waals surface area contributed by atoms with E-state index in [-0.39, 0.29) is 0 Å². The highest BCUT2D eigenvalue weighted by atomic mass is 15.3. The molecule has 0 aromatic heterocycles. The summed E-state index contributed by atoms with van der Waals surface area (Å²) in [5, 5.41) is 3.75. The first-order valence-electron chi connectivity index (χ1n) is 7.71. The molecule has 0 amide bonds. The summed E-state index contributed by atoms with van der Waals surface area (Å²) in [4.78, 5) is 2.80. The predicted molar refractivity (Wildman–Crippen MR) is 78.8 cm³/mol. The summed E-state index contributed by atoms with van der Waals surface area (Å²) in [6.45, 7) is 16.8. The smallest absolute Gasteiger partial charge is 0.0244 e. The van der Waals surface area contributed by atoms with Crippen molar-refractivity contribution in [2.75, 3.05) is 13.1 Å². The minimum absolute atomic E-state index is 0.362. The zero-order chi connectivity index (χ0) is 13.6. The Morgan fingerprint density at radius 3 is 2.39 bits per heavy atom. The molecule has 1 saturated heterocycles. The molecule has 2 nitrogen and oxygen atoms in total. The first-order valence-corrected chi connectivity index (χ1v) is 7.71. The molecule has 2 aliphatic rings. The maximum atomic E-state index is 3.75. The average Bonchev–Trinajstić information content (AvgIpc) is 2.57. The number of nitrogens with zero attached hydrogens (tertiary/aromatic N) is 1. The third-order valence-electron chi connectivity index (χ3n) is 5.27. The van der Waals surface area contributed by atoms with Gasteiger partial charge in [-0.2, -0.15) is 0 Å². The second kappa shape index (κ2) is 4.79. The molecule has 3 unspecified atom stereocenters. The van der Waals surface area contributed by atoms with E-state index in [1.165, 1.54) is 25.8 Å². The third-order valence-corrected chi connectivity index (χ3v) is 5.27. The molecule has 2 rings (SSSR count). The summed E-state index contributed by atoms with van der Waals surface area (Å²) in [6, 6.07) is 2.11. The summed E-state index contributed by atoms with van der Waals surface area (Å²) in [7, 11) is 0. The molecule has 2 heteroatoms. The molecular weight excluding hydrogens is 220 g/mol. The van der Waals surface area contributed by atoms with Crippen molar-refractivity contribution in [1.82, 2.24) is 10.2 Å². The van der Waals surface area contributed by atoms with Crippen LogP contribution >= 0.6 is 0 Å². The minimum atomic E-state index is 0.362. The van der Waals surface area contributed by atoms with E-state index < -0.39 is 0 Å². The first kappa shape index (κ1) is 14.3. The van der Waals surface area contributed by atoms with E-state index >= 15 is 0 Å². The van der Waals surface area contributed by atoms with Crippen LogP contribution in [0.4, 0.5) is 0 Å². The summed E-state index contributed by atoms with van der Waals surface area (Å²) in [5.41, 5.74) is 0.870. The Balaban J connectivity index is 2.11. The van der Waals surface area contributed by atoms with Gasteiger partial charge in [0.15, 0.2) is 0 Å². The van der Waals surface area contributed by atoms with E-state index in [9.17, 15) is 0 Å². The highest BCUT2D eigenvalue weighted by Gasteiger charge is 2.43. The largest absolute Gasteiger partial charge is 0.311 e. The molecule has 106 valence electrons. The lowest BCUT2D eigenvalue weighted by molar-refractivity contribution is 0.0206. The standard InChI is InChI=1S/C16H32N2/c1-12-10-17-13(15(2,3)4)11-18(12)14-8-7-9-16(14,5)6/h12-14,17H,7-11H2,1-6H3. The lowest BCUT2D eigenvalue weighted by atomic mass is 9.81. The van der Waals surface area contributed by atoms with Crippen LogP contribution in [0.1, 0.15) is 60.8 Å². The molecule has 0 aromatic carbocycles. The molecule has 0 spiro atoms. The van der Waals surface area contributed by atoms with Gasteiger partial charge in [-0.3, -0.25) is 4.90 Å². The Morgan fingerprint density at radius 2 is 1.89 bits per heavy atom. The van der Waals surface area contributed by atoms with Gasteiger partial charge in [-0.05, 0) is 30.6 Å². The fourth-order valence-electron chi connectivity index (χ4n) is 3.82. The van der Waals surface area contributed by atoms with Crippen LogP contribution in [0.5, 0.6) is 0 Å². The lowest BCUT2D eigenvalue weighted by Crippen LogP contribution is -2.63. The number of rotatable bonds is 1. The number of hydrogen-bond donors (Lipinski definition) is 1. The van der Waals surface area contributed by atoms with Gasteiger partial charge in [0.1, 0.15) is 0 Å². The van der Waals surface area contributed by atoms with E-state index in [0.29, 0.717) is 22.9 Å². The molecule has 2 fully saturated rings. The maximum Gasteiger partial charge on any atom is 0.0244 e. The Kier molecular flexibility index (Phi) is 3.81. The molecular formula is C16H32N2. The highest BCUT2D eigenvalue weighted by Crippen LogP contribution is 2.42. The van der Waals surface area contributed by atoms with Crippen LogP contribution in [0.2, 0.25) is 0 Å². The fourth-order valence-corrected chi connectivity index (χ4v) is 3.82. The minimum Gasteiger partial charge on any atom is -0.311 e. The Hall–Kier alpha value is -0.0800. The van der Waals surface area contributed by atoms with E-state index in [4.69, 9.17) is 0 Å². The third kappa shape index (κ3) is 2.75. The molecule has 0 radical (unpaired) electrons. The second-order valence-corrected chi connectivity index (χ2v) is 8.27. The molecule has 1 aliphatic heterocycles. The summed E-state index contributed by atoms with van der Waals surface area (Å²) in [6.07, 6.45) is 4.21. The molecule has 18 heavy (non-hydrogen) atoms. The van der Waals surface area contributed by atoms with E-state index in [1.54, 1.807) is 0 Å². The van der Waals surface area contributed by atoms with Crippen molar-refractivity contribution in [3.8, 4) is 0 Å². The maximum absolute atomic E-state index is 3.75. The van der Waals surface area contributed by atoms with E-state index in [0.717, 1.165) is 12.6 Å². The van der Waals surface area contributed by atoms with Crippen molar-refractivity contribution >= 4 is 0 Å². The van der Waals surface area contributed by atoms with Crippen LogP contribution in [0.3, 0.4) is 0 Å². The Labute approximate surface area is 114 Å². The topological polar surface area (TPSA) is 15.3 Å². The summed E-state index contributed by atoms with van der Waals surface area (Å²) in [5.74, 6) is 0. The van der Waals surface area contributed by atoms with Gasteiger partial charge in [0.05, 0.1) is 0 Å². The van der Waals surface area contributed by atoms with Crippen molar-refractivity contribution in [3.05, 3.63) is 0 Å². The molecule has 0 aromatic rings. The van der Waals surface area contributed by atoms with Crippen molar-refractivity contribution < 1.29 is 0 Å². The zero-order valence-electron chi connectivity index (χ0n) is 13.2. The normalized spacial score (nSPS) is 38.0. The van der Waals surface area contributed by atoms with Gasteiger partial charge < -0.3 is 5.32 Å². The van der Waals surface area contributed by atoms with Crippen LogP contribution in [0.15, 0.2) is 0 Å². The Bertz CT molecular complexity index is 290. The molecule has 3 atom stereocenters. The molecule has 0 bridgehead atoms. The van der Waals surface area contributed by atoms with Gasteiger partial charge in [-0.1, -0.05) is 41.0 Å². The van der Waals surface area contributed by atoms with Crippen molar-refractivity contribution in [2.24, 2.45) is 10.8 Å². The van der Waals surface area contributed by atoms with E-state index in [1.807, 2.05) is 0 Å². The molecule has 1 aliphatic carbocycles. The monoisotopic (exact) mass is 252 g/mol. The Morgan fingerprint density at radius 1 is 1.22 bits per heavy atom. The van der Waals surface area contributed by atoms with Crippen LogP contribution in [0, 0.1) is 10.8 Å². The molecule has 1 saturated carbocycles. The average molecular weight is 252 g/mol. The van der Waals surface area contributed by atoms with Crippen LogP contribution in [-0.2, 0) is 0 Å². The summed E-state index contributed by atoms with van der Waals surface area (Å²) < 4.78 is 0. The fraction of sp³-hybridized carbons (Fsp3) is 1.00. The summed E-state index contributed by atoms with van der Waals surface area (Å²) >= 11 is 0. The lowest BCUT2D eigenvalue weighted by Gasteiger charge is -2.49. The van der Waals surface area contributed by atoms with Crippen molar-refractivity contribution in [3.63, 3.8) is 0 Å². The zero-order valence-corrected chi connectivity index (χ0v) is 13.2. The van der Waals surface area contributed by atoms with Gasteiger partial charge in [0, 0.05) is 31.2 Å². The SMILES string of the molecule is CC1CNC(C(C)(C)C)CN1C1CCCC1(C)C. The van der Waals surface area contributed by atoms with Crippen LogP contribution < -0.4 is 5.32 Å². The van der Waals surface area contributed by atoms with Crippen LogP contribution in [0.25, 0.3) is 0 Å². The second-order valence-electron chi connectivity index (χ2n) is 8.27. The van der Waals surface area contributed by atoms with Crippen molar-refractivity contribution in [1.29, 1.82) is 0 Å².